The molecule has 3 heterocycles. The van der Waals surface area contributed by atoms with Gasteiger partial charge in [0.15, 0.2) is 0 Å². The molecule has 0 unspecified atom stereocenters. The van der Waals surface area contributed by atoms with Crippen LogP contribution in [-0.2, 0) is 17.7 Å². The number of aromatic nitrogens is 1. The smallest absolute Gasteiger partial charge is 0.409 e. The molecule has 9 heteroatoms. The van der Waals surface area contributed by atoms with E-state index in [0.717, 1.165) is 36.2 Å². The third-order valence-electron chi connectivity index (χ3n) is 5.58. The molecule has 168 valence electrons. The highest BCUT2D eigenvalue weighted by molar-refractivity contribution is 7.23. The number of hydrogen-bond acceptors (Lipinski definition) is 7. The fourth-order valence-electron chi connectivity index (χ4n) is 3.90. The average molecular weight is 480 g/mol. The maximum atomic E-state index is 13.1. The van der Waals surface area contributed by atoms with Gasteiger partial charge in [0.05, 0.1) is 31.0 Å². The predicted octanol–water partition coefficient (Wildman–Crippen LogP) is 5.41. The number of carbonyl (C=O) groups is 2. The molecule has 1 N–H and O–H groups in total. The molecule has 0 saturated heterocycles. The SMILES string of the molecule is COC(=O)N1CCc2c(sc(NC(=O)c3ccc(OC)cc3)c2-c2nc3ccccc3s2)C1. The van der Waals surface area contributed by atoms with Crippen molar-refractivity contribution in [3.05, 3.63) is 64.5 Å². The van der Waals surface area contributed by atoms with Gasteiger partial charge in [-0.25, -0.2) is 9.78 Å². The number of methoxy groups -OCH3 is 2. The van der Waals surface area contributed by atoms with E-state index >= 15 is 0 Å². The lowest BCUT2D eigenvalue weighted by atomic mass is 10.0. The summed E-state index contributed by atoms with van der Waals surface area (Å²) in [4.78, 5) is 32.7. The maximum absolute atomic E-state index is 13.1. The maximum Gasteiger partial charge on any atom is 0.409 e. The van der Waals surface area contributed by atoms with Crippen molar-refractivity contribution in [1.29, 1.82) is 0 Å². The Balaban J connectivity index is 1.55. The first-order valence-electron chi connectivity index (χ1n) is 10.4. The van der Waals surface area contributed by atoms with Crippen LogP contribution in [0.3, 0.4) is 0 Å². The molecule has 0 bridgehead atoms. The number of para-hydroxylation sites is 1. The monoisotopic (exact) mass is 479 g/mol. The van der Waals surface area contributed by atoms with E-state index in [9.17, 15) is 9.59 Å². The highest BCUT2D eigenvalue weighted by atomic mass is 32.1. The zero-order valence-corrected chi connectivity index (χ0v) is 19.7. The summed E-state index contributed by atoms with van der Waals surface area (Å²) < 4.78 is 11.2. The van der Waals surface area contributed by atoms with Crippen molar-refractivity contribution >= 4 is 49.9 Å². The number of nitrogens with one attached hydrogen (secondary N) is 1. The predicted molar refractivity (Wildman–Crippen MR) is 130 cm³/mol. The van der Waals surface area contributed by atoms with Crippen LogP contribution < -0.4 is 10.1 Å². The topological polar surface area (TPSA) is 80.8 Å². The van der Waals surface area contributed by atoms with E-state index in [0.29, 0.717) is 30.8 Å². The van der Waals surface area contributed by atoms with Crippen LogP contribution in [0.5, 0.6) is 5.75 Å². The average Bonchev–Trinajstić information content (AvgIpc) is 3.43. The van der Waals surface area contributed by atoms with Crippen molar-refractivity contribution in [3.8, 4) is 16.3 Å². The molecule has 0 aliphatic carbocycles. The fourth-order valence-corrected chi connectivity index (χ4v) is 6.27. The quantitative estimate of drug-likeness (QED) is 0.423. The largest absolute Gasteiger partial charge is 0.497 e. The lowest BCUT2D eigenvalue weighted by molar-refractivity contribution is 0.102. The van der Waals surface area contributed by atoms with E-state index in [1.54, 1.807) is 47.6 Å². The van der Waals surface area contributed by atoms with Gasteiger partial charge in [-0.05, 0) is 48.4 Å². The molecule has 2 aromatic heterocycles. The molecule has 0 fully saturated rings. The van der Waals surface area contributed by atoms with Gasteiger partial charge < -0.3 is 19.7 Å². The van der Waals surface area contributed by atoms with Gasteiger partial charge in [0.25, 0.3) is 5.91 Å². The number of fused-ring (bicyclic) bond motifs is 2. The Labute approximate surface area is 198 Å². The number of benzene rings is 2. The van der Waals surface area contributed by atoms with Crippen LogP contribution in [0.4, 0.5) is 9.80 Å². The fraction of sp³-hybridized carbons (Fsp3) is 0.208. The second-order valence-electron chi connectivity index (χ2n) is 7.52. The molecule has 0 atom stereocenters. The molecule has 0 radical (unpaired) electrons. The lowest BCUT2D eigenvalue weighted by Crippen LogP contribution is -2.35. The van der Waals surface area contributed by atoms with Crippen molar-refractivity contribution in [2.45, 2.75) is 13.0 Å². The molecule has 2 aromatic carbocycles. The third kappa shape index (κ3) is 4.05. The second kappa shape index (κ2) is 8.84. The molecule has 1 aliphatic heterocycles. The summed E-state index contributed by atoms with van der Waals surface area (Å²) in [5.41, 5.74) is 3.54. The van der Waals surface area contributed by atoms with E-state index in [2.05, 4.69) is 5.32 Å². The molecular weight excluding hydrogens is 458 g/mol. The summed E-state index contributed by atoms with van der Waals surface area (Å²) in [5, 5.41) is 4.70. The number of anilines is 1. The van der Waals surface area contributed by atoms with Crippen LogP contribution in [-0.4, -0.2) is 42.6 Å². The number of ether oxygens (including phenoxy) is 2. The van der Waals surface area contributed by atoms with E-state index in [1.165, 1.54) is 18.4 Å². The van der Waals surface area contributed by atoms with Gasteiger partial charge in [0, 0.05) is 22.5 Å². The van der Waals surface area contributed by atoms with Crippen LogP contribution >= 0.6 is 22.7 Å². The van der Waals surface area contributed by atoms with Gasteiger partial charge >= 0.3 is 6.09 Å². The van der Waals surface area contributed by atoms with Crippen molar-refractivity contribution < 1.29 is 19.1 Å². The third-order valence-corrected chi connectivity index (χ3v) is 7.76. The summed E-state index contributed by atoms with van der Waals surface area (Å²) in [6.45, 7) is 1.00. The van der Waals surface area contributed by atoms with Crippen molar-refractivity contribution in [3.63, 3.8) is 0 Å². The number of thiazole rings is 1. The molecule has 5 rings (SSSR count). The van der Waals surface area contributed by atoms with Gasteiger partial charge in [-0.2, -0.15) is 0 Å². The van der Waals surface area contributed by atoms with Gasteiger partial charge in [0.1, 0.15) is 15.8 Å². The molecule has 7 nitrogen and oxygen atoms in total. The first-order valence-corrected chi connectivity index (χ1v) is 12.0. The number of hydrogen-bond donors (Lipinski definition) is 1. The lowest BCUT2D eigenvalue weighted by Gasteiger charge is -2.25. The first kappa shape index (κ1) is 21.4. The highest BCUT2D eigenvalue weighted by Crippen LogP contribution is 2.45. The minimum absolute atomic E-state index is 0.205. The van der Waals surface area contributed by atoms with Crippen molar-refractivity contribution in [2.24, 2.45) is 0 Å². The Hall–Kier alpha value is -3.43. The van der Waals surface area contributed by atoms with E-state index in [4.69, 9.17) is 14.5 Å². The molecule has 1 aliphatic rings. The minimum atomic E-state index is -0.348. The van der Waals surface area contributed by atoms with Crippen LogP contribution in [0.2, 0.25) is 0 Å². The second-order valence-corrected chi connectivity index (χ2v) is 9.65. The Kier molecular flexibility index (Phi) is 5.74. The molecule has 0 spiro atoms. The zero-order chi connectivity index (χ0) is 22.9. The number of carbonyl (C=O) groups excluding carboxylic acids is 2. The van der Waals surface area contributed by atoms with Gasteiger partial charge in [-0.3, -0.25) is 4.79 Å². The summed E-state index contributed by atoms with van der Waals surface area (Å²) in [6, 6.07) is 15.0. The Morgan fingerprint density at radius 2 is 1.85 bits per heavy atom. The molecule has 4 aromatic rings. The zero-order valence-electron chi connectivity index (χ0n) is 18.1. The van der Waals surface area contributed by atoms with Crippen LogP contribution in [0.15, 0.2) is 48.5 Å². The summed E-state index contributed by atoms with van der Waals surface area (Å²) in [6.07, 6.45) is 0.323. The van der Waals surface area contributed by atoms with Gasteiger partial charge in [-0.15, -0.1) is 22.7 Å². The summed E-state index contributed by atoms with van der Waals surface area (Å²) in [5.74, 6) is 0.486. The van der Waals surface area contributed by atoms with Crippen LogP contribution in [0.1, 0.15) is 20.8 Å². The van der Waals surface area contributed by atoms with E-state index < -0.39 is 0 Å². The Morgan fingerprint density at radius 1 is 1.06 bits per heavy atom. The van der Waals surface area contributed by atoms with E-state index in [1.807, 2.05) is 24.3 Å². The van der Waals surface area contributed by atoms with Crippen LogP contribution in [0.25, 0.3) is 20.8 Å². The number of thiophene rings is 1. The summed E-state index contributed by atoms with van der Waals surface area (Å²) >= 11 is 3.09. The molecule has 0 saturated carbocycles. The molecular formula is C24H21N3O4S2. The first-order chi connectivity index (χ1) is 16.1. The molecule has 33 heavy (non-hydrogen) atoms. The van der Waals surface area contributed by atoms with Crippen molar-refractivity contribution in [2.75, 3.05) is 26.1 Å². The van der Waals surface area contributed by atoms with Gasteiger partial charge in [0.2, 0.25) is 0 Å². The Morgan fingerprint density at radius 3 is 2.58 bits per heavy atom. The Bertz CT molecular complexity index is 1310. The summed E-state index contributed by atoms with van der Waals surface area (Å²) in [7, 11) is 2.98. The standard InChI is InChI=1S/C24H21N3O4S2/c1-30-15-9-7-14(8-10-15)21(28)26-23-20(22-25-17-5-3-4-6-18(17)32-22)16-11-12-27(24(29)31-2)13-19(16)33-23/h3-10H,11-13H2,1-2H3,(H,26,28). The van der Waals surface area contributed by atoms with Crippen molar-refractivity contribution in [1.82, 2.24) is 9.88 Å². The normalized spacial score (nSPS) is 13.0. The number of rotatable bonds is 4. The highest BCUT2D eigenvalue weighted by Gasteiger charge is 2.30. The number of nitrogens with zero attached hydrogens (tertiary/aromatic N) is 2. The molecule has 2 amide bonds. The van der Waals surface area contributed by atoms with Crippen LogP contribution in [0, 0.1) is 0 Å². The van der Waals surface area contributed by atoms with Gasteiger partial charge in [-0.1, -0.05) is 12.1 Å². The van der Waals surface area contributed by atoms with E-state index in [-0.39, 0.29) is 12.0 Å². The number of amides is 2. The minimum Gasteiger partial charge on any atom is -0.497 e.